The maximum Gasteiger partial charge on any atom is 0.263 e. The number of quaternary nitrogens is 1. The molecule has 0 amide bonds. The monoisotopic (exact) mass is 415 g/mol. The summed E-state index contributed by atoms with van der Waals surface area (Å²) in [5.74, 6) is 1.28. The van der Waals surface area contributed by atoms with Crippen LogP contribution in [0.2, 0.25) is 0 Å². The first kappa shape index (κ1) is 24.8. The number of hydrogen-bond donors (Lipinski definition) is 0. The van der Waals surface area contributed by atoms with Gasteiger partial charge >= 0.3 is 0 Å². The van der Waals surface area contributed by atoms with Gasteiger partial charge in [0, 0.05) is 19.3 Å². The maximum atomic E-state index is 12.1. The minimum Gasteiger partial charge on any atom is -0.439 e. The number of rotatable bonds is 16. The Kier molecular flexibility index (Phi) is 11.0. The van der Waals surface area contributed by atoms with Crippen molar-refractivity contribution in [1.82, 2.24) is 4.98 Å². The van der Waals surface area contributed by atoms with Crippen molar-refractivity contribution in [2.45, 2.75) is 71.1 Å². The van der Waals surface area contributed by atoms with E-state index in [2.05, 4.69) is 33.1 Å². The third-order valence-corrected chi connectivity index (χ3v) is 6.53. The molecule has 1 aromatic heterocycles. The second-order valence-electron chi connectivity index (χ2n) is 8.70. The molecule has 0 radical (unpaired) electrons. The van der Waals surface area contributed by atoms with Crippen LogP contribution in [-0.2, 0) is 16.3 Å². The quantitative estimate of drug-likeness (QED) is 0.231. The number of unbranched alkanes of at least 4 members (excludes halogenated alkanes) is 5. The van der Waals surface area contributed by atoms with E-state index in [1.54, 1.807) is 6.20 Å². The molecule has 0 atom stereocenters. The molecular weight excluding hydrogens is 376 g/mol. The number of carbonyl (C=O) groups excluding carboxylic acids is 1. The van der Waals surface area contributed by atoms with Gasteiger partial charge < -0.3 is 8.90 Å². The second-order valence-corrected chi connectivity index (χ2v) is 11.0. The number of sulfone groups is 1. The summed E-state index contributed by atoms with van der Waals surface area (Å²) in [4.78, 5) is 16.2. The summed E-state index contributed by atoms with van der Waals surface area (Å²) in [5, 5.41) is 0. The van der Waals surface area contributed by atoms with Gasteiger partial charge in [0.1, 0.15) is 5.76 Å². The van der Waals surface area contributed by atoms with Crippen LogP contribution >= 0.6 is 0 Å². The minimum absolute atomic E-state index is 0.0393. The topological polar surface area (TPSA) is 77.2 Å². The maximum absolute atomic E-state index is 12.1. The number of aryl methyl sites for hydroxylation is 1. The Morgan fingerprint density at radius 2 is 1.68 bits per heavy atom. The van der Waals surface area contributed by atoms with Crippen molar-refractivity contribution in [3.05, 3.63) is 17.8 Å². The van der Waals surface area contributed by atoms with Crippen molar-refractivity contribution in [1.29, 1.82) is 0 Å². The van der Waals surface area contributed by atoms with E-state index in [4.69, 9.17) is 4.42 Å². The van der Waals surface area contributed by atoms with Gasteiger partial charge in [-0.2, -0.15) is 0 Å². The lowest BCUT2D eigenvalue weighted by atomic mass is 10.1. The van der Waals surface area contributed by atoms with Crippen LogP contribution in [0.5, 0.6) is 0 Å². The average Bonchev–Trinajstić information content (AvgIpc) is 3.06. The lowest BCUT2D eigenvalue weighted by Crippen LogP contribution is -2.36. The van der Waals surface area contributed by atoms with Crippen LogP contribution in [0, 0.1) is 0 Å². The Balaban J connectivity index is 2.25. The fraction of sp³-hybridized carbons (Fsp3) is 0.810. The number of nitrogens with zero attached hydrogens (tertiary/aromatic N) is 2. The van der Waals surface area contributed by atoms with Crippen LogP contribution in [-0.4, -0.2) is 62.9 Å². The van der Waals surface area contributed by atoms with Crippen molar-refractivity contribution < 1.29 is 22.1 Å². The van der Waals surface area contributed by atoms with Crippen molar-refractivity contribution in [3.8, 4) is 0 Å². The molecule has 162 valence electrons. The predicted molar refractivity (Wildman–Crippen MR) is 113 cm³/mol. The molecule has 0 aliphatic carbocycles. The Morgan fingerprint density at radius 3 is 2.36 bits per heavy atom. The SMILES string of the molecule is CCCCCCCC(=O)c1ncc(CCCCS(=O)(=O)CCC[N+](C)(C)C)o1. The number of hydrogen-bond acceptors (Lipinski definition) is 5. The Bertz CT molecular complexity index is 675. The molecule has 0 fully saturated rings. The van der Waals surface area contributed by atoms with E-state index in [1.165, 1.54) is 19.3 Å². The third-order valence-electron chi connectivity index (χ3n) is 4.71. The fourth-order valence-corrected chi connectivity index (χ4v) is 4.45. The van der Waals surface area contributed by atoms with E-state index in [0.717, 1.165) is 23.9 Å². The summed E-state index contributed by atoms with van der Waals surface area (Å²) in [6.07, 6.45) is 10.2. The summed E-state index contributed by atoms with van der Waals surface area (Å²) in [7, 11) is 3.20. The van der Waals surface area contributed by atoms with E-state index in [-0.39, 0.29) is 23.2 Å². The first-order chi connectivity index (χ1) is 13.1. The van der Waals surface area contributed by atoms with Gasteiger partial charge in [0.2, 0.25) is 5.78 Å². The molecule has 28 heavy (non-hydrogen) atoms. The molecular formula is C21H39N2O4S+. The Hall–Kier alpha value is -1.21. The highest BCUT2D eigenvalue weighted by atomic mass is 32.2. The summed E-state index contributed by atoms with van der Waals surface area (Å²) >= 11 is 0. The lowest BCUT2D eigenvalue weighted by molar-refractivity contribution is -0.870. The van der Waals surface area contributed by atoms with Gasteiger partial charge in [-0.1, -0.05) is 32.6 Å². The van der Waals surface area contributed by atoms with Gasteiger partial charge in [-0.05, 0) is 19.3 Å². The summed E-state index contributed by atoms with van der Waals surface area (Å²) in [6, 6.07) is 0. The van der Waals surface area contributed by atoms with E-state index >= 15 is 0 Å². The van der Waals surface area contributed by atoms with Crippen molar-refractivity contribution in [2.24, 2.45) is 0 Å². The van der Waals surface area contributed by atoms with Crippen LogP contribution in [0.25, 0.3) is 0 Å². The zero-order chi connectivity index (χ0) is 21.0. The van der Waals surface area contributed by atoms with E-state index in [9.17, 15) is 13.2 Å². The molecule has 0 unspecified atom stereocenters. The van der Waals surface area contributed by atoms with Gasteiger partial charge in [0.15, 0.2) is 9.84 Å². The molecule has 7 heteroatoms. The van der Waals surface area contributed by atoms with Gasteiger partial charge in [0.05, 0.1) is 45.4 Å². The standard InChI is InChI=1S/C21H39N2O4S/c1-5-6-7-8-9-14-20(24)21-22-18-19(27-21)13-10-11-16-28(25,26)17-12-15-23(2,3)4/h18H,5-17H2,1-4H3/q+1. The van der Waals surface area contributed by atoms with Gasteiger partial charge in [-0.15, -0.1) is 0 Å². The van der Waals surface area contributed by atoms with Crippen molar-refractivity contribution >= 4 is 15.6 Å². The van der Waals surface area contributed by atoms with Gasteiger partial charge in [0.25, 0.3) is 5.89 Å². The average molecular weight is 416 g/mol. The summed E-state index contributed by atoms with van der Waals surface area (Å²) in [6.45, 7) is 3.02. The predicted octanol–water partition coefficient (Wildman–Crippen LogP) is 4.05. The molecule has 6 nitrogen and oxygen atoms in total. The third kappa shape index (κ3) is 11.6. The van der Waals surface area contributed by atoms with Crippen LogP contribution in [0.1, 0.15) is 81.2 Å². The highest BCUT2D eigenvalue weighted by molar-refractivity contribution is 7.91. The molecule has 0 saturated heterocycles. The minimum atomic E-state index is -2.99. The first-order valence-electron chi connectivity index (χ1n) is 10.6. The van der Waals surface area contributed by atoms with Crippen LogP contribution in [0.15, 0.2) is 10.6 Å². The van der Waals surface area contributed by atoms with Crippen molar-refractivity contribution in [3.63, 3.8) is 0 Å². The molecule has 0 aliphatic rings. The Labute approximate surface area is 171 Å². The molecule has 0 saturated carbocycles. The number of oxazole rings is 1. The number of ketones is 1. The second kappa shape index (κ2) is 12.4. The molecule has 1 aromatic rings. The van der Waals surface area contributed by atoms with Crippen LogP contribution in [0.3, 0.4) is 0 Å². The van der Waals surface area contributed by atoms with E-state index < -0.39 is 9.84 Å². The molecule has 0 bridgehead atoms. The van der Waals surface area contributed by atoms with E-state index in [1.807, 2.05) is 0 Å². The van der Waals surface area contributed by atoms with Gasteiger partial charge in [-0.3, -0.25) is 4.79 Å². The highest BCUT2D eigenvalue weighted by Crippen LogP contribution is 2.13. The van der Waals surface area contributed by atoms with Crippen LogP contribution in [0.4, 0.5) is 0 Å². The largest absolute Gasteiger partial charge is 0.439 e. The zero-order valence-electron chi connectivity index (χ0n) is 18.2. The number of Topliss-reactive ketones (excluding diaryl/α,β-unsaturated/α-hetero) is 1. The zero-order valence-corrected chi connectivity index (χ0v) is 19.0. The lowest BCUT2D eigenvalue weighted by Gasteiger charge is -2.23. The fourth-order valence-electron chi connectivity index (χ4n) is 3.03. The molecule has 0 spiro atoms. The van der Waals surface area contributed by atoms with Crippen LogP contribution < -0.4 is 0 Å². The smallest absolute Gasteiger partial charge is 0.263 e. The summed E-state index contributed by atoms with van der Waals surface area (Å²) < 4.78 is 30.5. The number of carbonyl (C=O) groups is 1. The molecule has 0 aliphatic heterocycles. The number of aromatic nitrogens is 1. The normalized spacial score (nSPS) is 12.4. The Morgan fingerprint density at radius 1 is 1.00 bits per heavy atom. The molecule has 0 aromatic carbocycles. The molecule has 0 N–H and O–H groups in total. The summed E-state index contributed by atoms with van der Waals surface area (Å²) in [5.41, 5.74) is 0. The van der Waals surface area contributed by atoms with E-state index in [0.29, 0.717) is 37.9 Å². The van der Waals surface area contributed by atoms with Crippen molar-refractivity contribution in [2.75, 3.05) is 39.2 Å². The highest BCUT2D eigenvalue weighted by Gasteiger charge is 2.15. The first-order valence-corrected chi connectivity index (χ1v) is 12.4. The van der Waals surface area contributed by atoms with Gasteiger partial charge in [-0.25, -0.2) is 13.4 Å². The molecule has 1 rings (SSSR count). The molecule has 1 heterocycles.